The van der Waals surface area contributed by atoms with Crippen LogP contribution in [0.25, 0.3) is 11.4 Å². The van der Waals surface area contributed by atoms with Gasteiger partial charge < -0.3 is 10.3 Å². The number of hydrogen-bond acceptors (Lipinski definition) is 4. The molecule has 1 heterocycles. The van der Waals surface area contributed by atoms with Crippen LogP contribution in [0.3, 0.4) is 0 Å². The van der Waals surface area contributed by atoms with Crippen LogP contribution in [0.4, 0.5) is 4.39 Å². The van der Waals surface area contributed by atoms with Gasteiger partial charge in [0.05, 0.1) is 11.1 Å². The van der Waals surface area contributed by atoms with Crippen LogP contribution in [0.1, 0.15) is 32.2 Å². The molecule has 102 valence electrons. The minimum absolute atomic E-state index is 0.233. The van der Waals surface area contributed by atoms with Gasteiger partial charge in [-0.1, -0.05) is 37.0 Å². The molecule has 6 heteroatoms. The van der Waals surface area contributed by atoms with Crippen molar-refractivity contribution in [3.63, 3.8) is 0 Å². The summed E-state index contributed by atoms with van der Waals surface area (Å²) in [6.07, 6.45) is 0.913. The quantitative estimate of drug-likeness (QED) is 0.931. The molecule has 0 spiro atoms. The Morgan fingerprint density at radius 3 is 2.84 bits per heavy atom. The number of aromatic nitrogens is 2. The highest BCUT2D eigenvalue weighted by Gasteiger charge is 2.21. The minimum Gasteiger partial charge on any atom is -0.337 e. The largest absolute Gasteiger partial charge is 0.337 e. The summed E-state index contributed by atoms with van der Waals surface area (Å²) in [7, 11) is 0. The van der Waals surface area contributed by atoms with Gasteiger partial charge in [-0.15, -0.1) is 0 Å². The van der Waals surface area contributed by atoms with Crippen molar-refractivity contribution in [1.29, 1.82) is 0 Å². The number of benzene rings is 1. The fourth-order valence-electron chi connectivity index (χ4n) is 1.65. The average molecular weight is 284 g/mol. The highest BCUT2D eigenvalue weighted by Crippen LogP contribution is 2.28. The topological polar surface area (TPSA) is 64.9 Å². The van der Waals surface area contributed by atoms with Crippen LogP contribution in [-0.2, 0) is 0 Å². The Morgan fingerprint density at radius 1 is 1.47 bits per heavy atom. The van der Waals surface area contributed by atoms with Crippen LogP contribution in [0.5, 0.6) is 0 Å². The Morgan fingerprint density at radius 2 is 2.21 bits per heavy atom. The molecule has 1 aromatic heterocycles. The summed E-state index contributed by atoms with van der Waals surface area (Å²) < 4.78 is 18.1. The lowest BCUT2D eigenvalue weighted by Gasteiger charge is -2.12. The third kappa shape index (κ3) is 2.93. The van der Waals surface area contributed by atoms with E-state index in [1.54, 1.807) is 0 Å². The van der Waals surface area contributed by atoms with E-state index in [0.717, 1.165) is 6.42 Å². The maximum atomic E-state index is 13.0. The molecule has 0 radical (unpaired) electrons. The van der Waals surface area contributed by atoms with Gasteiger partial charge in [-0.2, -0.15) is 4.98 Å². The molecule has 0 aliphatic carbocycles. The SMILES string of the molecule is CC[C@H](C)[C@H](N)c1nc(-c2ccc(F)cc2Cl)no1. The summed E-state index contributed by atoms with van der Waals surface area (Å²) in [5.74, 6) is 0.509. The molecule has 0 saturated carbocycles. The Hall–Kier alpha value is -1.46. The predicted molar refractivity (Wildman–Crippen MR) is 71.1 cm³/mol. The molecule has 2 rings (SSSR count). The average Bonchev–Trinajstić information content (AvgIpc) is 2.86. The van der Waals surface area contributed by atoms with Gasteiger partial charge in [0.1, 0.15) is 5.82 Å². The third-order valence-electron chi connectivity index (χ3n) is 3.16. The Labute approximate surface area is 115 Å². The monoisotopic (exact) mass is 283 g/mol. The van der Waals surface area contributed by atoms with E-state index in [1.165, 1.54) is 18.2 Å². The first-order valence-electron chi connectivity index (χ1n) is 6.07. The van der Waals surface area contributed by atoms with Crippen molar-refractivity contribution in [3.05, 3.63) is 34.9 Å². The van der Waals surface area contributed by atoms with E-state index < -0.39 is 5.82 Å². The van der Waals surface area contributed by atoms with Crippen LogP contribution in [0.15, 0.2) is 22.7 Å². The zero-order valence-corrected chi connectivity index (χ0v) is 11.5. The first-order chi connectivity index (χ1) is 9.02. The van der Waals surface area contributed by atoms with Gasteiger partial charge in [-0.3, -0.25) is 0 Å². The Balaban J connectivity index is 2.30. The van der Waals surface area contributed by atoms with Gasteiger partial charge in [-0.25, -0.2) is 4.39 Å². The molecule has 0 unspecified atom stereocenters. The number of rotatable bonds is 4. The molecule has 4 nitrogen and oxygen atoms in total. The molecule has 0 amide bonds. The maximum Gasteiger partial charge on any atom is 0.244 e. The molecule has 0 aliphatic rings. The standard InChI is InChI=1S/C13H15ClFN3O/c1-3-7(2)11(16)13-17-12(18-19-13)9-5-4-8(15)6-10(9)14/h4-7,11H,3,16H2,1-2H3/t7-,11-/m0/s1. The van der Waals surface area contributed by atoms with E-state index in [4.69, 9.17) is 21.9 Å². The second-order valence-corrected chi connectivity index (χ2v) is 4.90. The van der Waals surface area contributed by atoms with Crippen LogP contribution in [0.2, 0.25) is 5.02 Å². The van der Waals surface area contributed by atoms with Crippen molar-refractivity contribution in [1.82, 2.24) is 10.1 Å². The van der Waals surface area contributed by atoms with Gasteiger partial charge in [0.2, 0.25) is 11.7 Å². The van der Waals surface area contributed by atoms with E-state index in [-0.39, 0.29) is 17.0 Å². The highest BCUT2D eigenvalue weighted by molar-refractivity contribution is 6.33. The third-order valence-corrected chi connectivity index (χ3v) is 3.47. The first kappa shape index (κ1) is 14.0. The second kappa shape index (κ2) is 5.67. The van der Waals surface area contributed by atoms with Crippen molar-refractivity contribution < 1.29 is 8.91 Å². The van der Waals surface area contributed by atoms with Crippen molar-refractivity contribution in [2.24, 2.45) is 11.7 Å². The second-order valence-electron chi connectivity index (χ2n) is 4.49. The summed E-state index contributed by atoms with van der Waals surface area (Å²) in [5, 5.41) is 4.08. The number of nitrogens with two attached hydrogens (primary N) is 1. The lowest BCUT2D eigenvalue weighted by molar-refractivity contribution is 0.312. The Bertz CT molecular complexity index is 573. The molecular weight excluding hydrogens is 269 g/mol. The molecule has 0 bridgehead atoms. The first-order valence-corrected chi connectivity index (χ1v) is 6.45. The lowest BCUT2D eigenvalue weighted by Crippen LogP contribution is -2.18. The molecule has 2 aromatic rings. The van der Waals surface area contributed by atoms with Gasteiger partial charge in [0.15, 0.2) is 0 Å². The summed E-state index contributed by atoms with van der Waals surface area (Å²) in [6, 6.07) is 3.71. The summed E-state index contributed by atoms with van der Waals surface area (Å²) in [6.45, 7) is 4.05. The van der Waals surface area contributed by atoms with Crippen LogP contribution >= 0.6 is 11.6 Å². The van der Waals surface area contributed by atoms with Crippen LogP contribution in [0, 0.1) is 11.7 Å². The lowest BCUT2D eigenvalue weighted by atomic mass is 10.0. The summed E-state index contributed by atoms with van der Waals surface area (Å²) in [5.41, 5.74) is 6.54. The summed E-state index contributed by atoms with van der Waals surface area (Å²) in [4.78, 5) is 4.23. The van der Waals surface area contributed by atoms with Crippen molar-refractivity contribution in [2.45, 2.75) is 26.3 Å². The minimum atomic E-state index is -0.409. The molecule has 1 aromatic carbocycles. The van der Waals surface area contributed by atoms with Gasteiger partial charge in [-0.05, 0) is 24.1 Å². The molecule has 0 fully saturated rings. The molecule has 0 saturated heterocycles. The molecule has 0 aliphatic heterocycles. The number of nitrogens with zero attached hydrogens (tertiary/aromatic N) is 2. The number of hydrogen-bond donors (Lipinski definition) is 1. The Kier molecular flexibility index (Phi) is 4.17. The normalized spacial score (nSPS) is 14.4. The van der Waals surface area contributed by atoms with E-state index in [1.807, 2.05) is 13.8 Å². The van der Waals surface area contributed by atoms with Crippen LogP contribution < -0.4 is 5.73 Å². The summed E-state index contributed by atoms with van der Waals surface area (Å²) >= 11 is 5.95. The van der Waals surface area contributed by atoms with E-state index in [0.29, 0.717) is 17.3 Å². The van der Waals surface area contributed by atoms with E-state index in [9.17, 15) is 4.39 Å². The van der Waals surface area contributed by atoms with Gasteiger partial charge in [0.25, 0.3) is 0 Å². The smallest absolute Gasteiger partial charge is 0.244 e. The molecular formula is C13H15ClFN3O. The maximum absolute atomic E-state index is 13.0. The zero-order chi connectivity index (χ0) is 14.0. The zero-order valence-electron chi connectivity index (χ0n) is 10.7. The fourth-order valence-corrected chi connectivity index (χ4v) is 1.90. The van der Waals surface area contributed by atoms with E-state index in [2.05, 4.69) is 10.1 Å². The number of halogens is 2. The van der Waals surface area contributed by atoms with Crippen LogP contribution in [-0.4, -0.2) is 10.1 Å². The van der Waals surface area contributed by atoms with Crippen molar-refractivity contribution in [2.75, 3.05) is 0 Å². The van der Waals surface area contributed by atoms with Gasteiger partial charge >= 0.3 is 0 Å². The molecule has 2 N–H and O–H groups in total. The molecule has 2 atom stereocenters. The van der Waals surface area contributed by atoms with Crippen molar-refractivity contribution in [3.8, 4) is 11.4 Å². The van der Waals surface area contributed by atoms with E-state index >= 15 is 0 Å². The molecule has 19 heavy (non-hydrogen) atoms. The van der Waals surface area contributed by atoms with Crippen molar-refractivity contribution >= 4 is 11.6 Å². The fraction of sp³-hybridized carbons (Fsp3) is 0.385. The van der Waals surface area contributed by atoms with Gasteiger partial charge in [0, 0.05) is 5.56 Å². The predicted octanol–water partition coefficient (Wildman–Crippen LogP) is 3.58. The highest BCUT2D eigenvalue weighted by atomic mass is 35.5.